The van der Waals surface area contributed by atoms with Gasteiger partial charge in [0.05, 0.1) is 18.3 Å². The van der Waals surface area contributed by atoms with Crippen molar-refractivity contribution in [2.75, 3.05) is 32.7 Å². The molecule has 3 N–H and O–H groups in total. The number of nitrogens with one attached hydrogen (secondary N) is 1. The number of allylic oxidation sites excluding steroid dienone is 1. The number of carbonyl (C=O) groups excluding carboxylic acids is 1. The van der Waals surface area contributed by atoms with Gasteiger partial charge in [-0.2, -0.15) is 5.10 Å². The van der Waals surface area contributed by atoms with Gasteiger partial charge in [0.2, 0.25) is 0 Å². The Morgan fingerprint density at radius 2 is 1.81 bits per heavy atom. The van der Waals surface area contributed by atoms with Gasteiger partial charge in [0.1, 0.15) is 5.75 Å². The number of phenols is 1. The highest BCUT2D eigenvalue weighted by atomic mass is 16.4. The molecule has 0 saturated carbocycles. The van der Waals surface area contributed by atoms with Crippen molar-refractivity contribution < 1.29 is 19.8 Å². The van der Waals surface area contributed by atoms with Crippen LogP contribution in [0.1, 0.15) is 27.0 Å². The van der Waals surface area contributed by atoms with Crippen LogP contribution < -0.4 is 5.43 Å². The summed E-state index contributed by atoms with van der Waals surface area (Å²) in [5.74, 6) is -1.01. The summed E-state index contributed by atoms with van der Waals surface area (Å²) in [5.41, 5.74) is 5.05. The lowest BCUT2D eigenvalue weighted by molar-refractivity contribution is -0.122. The topological polar surface area (TPSA) is 105 Å². The Kier molecular flexibility index (Phi) is 8.13. The van der Waals surface area contributed by atoms with Gasteiger partial charge in [-0.3, -0.25) is 14.6 Å². The first-order chi connectivity index (χ1) is 15.5. The molecule has 0 spiro atoms. The van der Waals surface area contributed by atoms with E-state index in [4.69, 9.17) is 5.11 Å². The number of rotatable bonds is 9. The largest absolute Gasteiger partial charge is 0.507 e. The number of piperazine rings is 1. The van der Waals surface area contributed by atoms with E-state index in [9.17, 15) is 14.7 Å². The maximum atomic E-state index is 12.2. The second kappa shape index (κ2) is 11.2. The number of nitrogens with zero attached hydrogens (tertiary/aromatic N) is 3. The average Bonchev–Trinajstić information content (AvgIpc) is 2.78. The molecule has 0 aliphatic carbocycles. The lowest BCUT2D eigenvalue weighted by Gasteiger charge is -2.34. The Hall–Kier alpha value is -3.49. The number of carboxylic acid groups (broad SMARTS) is 1. The Bertz CT molecular complexity index is 997. The summed E-state index contributed by atoms with van der Waals surface area (Å²) >= 11 is 0. The third kappa shape index (κ3) is 6.50. The van der Waals surface area contributed by atoms with Gasteiger partial charge in [0.25, 0.3) is 5.91 Å². The maximum Gasteiger partial charge on any atom is 0.335 e. The van der Waals surface area contributed by atoms with Crippen molar-refractivity contribution in [2.24, 2.45) is 5.10 Å². The third-order valence-electron chi connectivity index (χ3n) is 5.32. The second-order valence-corrected chi connectivity index (χ2v) is 7.70. The monoisotopic (exact) mass is 436 g/mol. The van der Waals surface area contributed by atoms with Gasteiger partial charge in [-0.25, -0.2) is 10.2 Å². The lowest BCUT2D eigenvalue weighted by atomic mass is 10.1. The van der Waals surface area contributed by atoms with Crippen molar-refractivity contribution in [2.45, 2.75) is 13.0 Å². The molecule has 8 nitrogen and oxygen atoms in total. The van der Waals surface area contributed by atoms with E-state index in [0.717, 1.165) is 37.3 Å². The minimum Gasteiger partial charge on any atom is -0.507 e. The molecule has 2 aromatic rings. The Morgan fingerprint density at radius 3 is 2.53 bits per heavy atom. The van der Waals surface area contributed by atoms with E-state index in [1.165, 1.54) is 6.21 Å². The number of para-hydroxylation sites is 1. The van der Waals surface area contributed by atoms with Crippen molar-refractivity contribution in [3.05, 3.63) is 77.4 Å². The first-order valence-electron chi connectivity index (χ1n) is 10.5. The SMILES string of the molecule is C=CCc1cccc(/C=N/NC(=O)CN2CCN(Cc3cccc(C(=O)O)c3)CC2)c1O. The number of carboxylic acids is 1. The number of hydrogen-bond donors (Lipinski definition) is 3. The molecule has 0 aromatic heterocycles. The van der Waals surface area contributed by atoms with Gasteiger partial charge in [0, 0.05) is 38.3 Å². The van der Waals surface area contributed by atoms with E-state index in [2.05, 4.69) is 26.9 Å². The minimum atomic E-state index is -0.926. The predicted octanol–water partition coefficient (Wildman–Crippen LogP) is 2.09. The molecule has 1 heterocycles. The van der Waals surface area contributed by atoms with Crippen LogP contribution in [-0.4, -0.2) is 70.8 Å². The fourth-order valence-corrected chi connectivity index (χ4v) is 3.61. The number of benzene rings is 2. The summed E-state index contributed by atoms with van der Waals surface area (Å²) in [6.45, 7) is 7.64. The average molecular weight is 437 g/mol. The quantitative estimate of drug-likeness (QED) is 0.316. The molecule has 2 aromatic carbocycles. The molecule has 1 aliphatic rings. The summed E-state index contributed by atoms with van der Waals surface area (Å²) in [5, 5.41) is 23.3. The third-order valence-corrected chi connectivity index (χ3v) is 5.32. The van der Waals surface area contributed by atoms with Crippen molar-refractivity contribution in [1.29, 1.82) is 0 Å². The molecule has 1 fully saturated rings. The Labute approximate surface area is 187 Å². The standard InChI is InChI=1S/C24H28N4O4/c1-2-5-19-7-4-9-21(23(19)30)15-25-26-22(29)17-28-12-10-27(11-13-28)16-18-6-3-8-20(14-18)24(31)32/h2-4,6-9,14-15,30H,1,5,10-13,16-17H2,(H,26,29)(H,31,32)/b25-15+. The van der Waals surface area contributed by atoms with Crippen molar-refractivity contribution in [1.82, 2.24) is 15.2 Å². The van der Waals surface area contributed by atoms with Crippen molar-refractivity contribution in [3.63, 3.8) is 0 Å². The van der Waals surface area contributed by atoms with Crippen LogP contribution in [0, 0.1) is 0 Å². The molecule has 1 saturated heterocycles. The highest BCUT2D eigenvalue weighted by molar-refractivity contribution is 5.87. The van der Waals surface area contributed by atoms with E-state index in [1.54, 1.807) is 30.3 Å². The van der Waals surface area contributed by atoms with Crippen LogP contribution in [0.25, 0.3) is 0 Å². The summed E-state index contributed by atoms with van der Waals surface area (Å²) in [4.78, 5) is 27.6. The van der Waals surface area contributed by atoms with Crippen LogP contribution in [0.2, 0.25) is 0 Å². The Balaban J connectivity index is 1.43. The fraction of sp³-hybridized carbons (Fsp3) is 0.292. The van der Waals surface area contributed by atoms with Crippen LogP contribution in [0.5, 0.6) is 5.75 Å². The number of carbonyl (C=O) groups is 2. The highest BCUT2D eigenvalue weighted by Gasteiger charge is 2.19. The summed E-state index contributed by atoms with van der Waals surface area (Å²) < 4.78 is 0. The van der Waals surface area contributed by atoms with E-state index < -0.39 is 5.97 Å². The molecule has 1 aliphatic heterocycles. The molecular formula is C24H28N4O4. The molecule has 0 bridgehead atoms. The molecular weight excluding hydrogens is 408 g/mol. The molecule has 0 unspecified atom stereocenters. The lowest BCUT2D eigenvalue weighted by Crippen LogP contribution is -2.48. The molecule has 0 radical (unpaired) electrons. The maximum absolute atomic E-state index is 12.2. The summed E-state index contributed by atoms with van der Waals surface area (Å²) in [6.07, 6.45) is 3.70. The minimum absolute atomic E-state index is 0.135. The van der Waals surface area contributed by atoms with Gasteiger partial charge in [-0.15, -0.1) is 6.58 Å². The zero-order valence-corrected chi connectivity index (χ0v) is 17.9. The van der Waals surface area contributed by atoms with E-state index >= 15 is 0 Å². The smallest absolute Gasteiger partial charge is 0.335 e. The molecule has 168 valence electrons. The zero-order chi connectivity index (χ0) is 22.9. The van der Waals surface area contributed by atoms with Crippen LogP contribution in [0.3, 0.4) is 0 Å². The fourth-order valence-electron chi connectivity index (χ4n) is 3.61. The predicted molar refractivity (Wildman–Crippen MR) is 123 cm³/mol. The van der Waals surface area contributed by atoms with Gasteiger partial charge in [0.15, 0.2) is 0 Å². The normalized spacial score (nSPS) is 15.0. The second-order valence-electron chi connectivity index (χ2n) is 7.70. The molecule has 1 amide bonds. The first kappa shape index (κ1) is 23.2. The number of aromatic carboxylic acids is 1. The van der Waals surface area contributed by atoms with E-state index in [-0.39, 0.29) is 18.2 Å². The molecule has 32 heavy (non-hydrogen) atoms. The van der Waals surface area contributed by atoms with Crippen LogP contribution in [0.15, 0.2) is 60.2 Å². The Morgan fingerprint density at radius 1 is 1.09 bits per heavy atom. The van der Waals surface area contributed by atoms with Gasteiger partial charge in [-0.1, -0.05) is 30.3 Å². The number of phenolic OH excluding ortho intramolecular Hbond substituents is 1. The zero-order valence-electron chi connectivity index (χ0n) is 17.9. The molecule has 0 atom stereocenters. The van der Waals surface area contributed by atoms with E-state index in [1.807, 2.05) is 18.2 Å². The van der Waals surface area contributed by atoms with Crippen molar-refractivity contribution >= 4 is 18.1 Å². The van der Waals surface area contributed by atoms with Crippen LogP contribution >= 0.6 is 0 Å². The first-order valence-corrected chi connectivity index (χ1v) is 10.5. The molecule has 8 heteroatoms. The molecule has 3 rings (SSSR count). The van der Waals surface area contributed by atoms with Crippen molar-refractivity contribution in [3.8, 4) is 5.75 Å². The number of aromatic hydroxyl groups is 1. The number of hydrogen-bond acceptors (Lipinski definition) is 6. The van der Waals surface area contributed by atoms with Crippen LogP contribution in [0.4, 0.5) is 0 Å². The number of hydrazone groups is 1. The van der Waals surface area contributed by atoms with E-state index in [0.29, 0.717) is 24.1 Å². The van der Waals surface area contributed by atoms with Gasteiger partial charge < -0.3 is 10.2 Å². The summed E-state index contributed by atoms with van der Waals surface area (Å²) in [7, 11) is 0. The summed E-state index contributed by atoms with van der Waals surface area (Å²) in [6, 6.07) is 12.3. The number of amides is 1. The highest BCUT2D eigenvalue weighted by Crippen LogP contribution is 2.21. The van der Waals surface area contributed by atoms with Crippen LogP contribution in [-0.2, 0) is 17.8 Å². The van der Waals surface area contributed by atoms with Gasteiger partial charge in [-0.05, 0) is 35.7 Å². The van der Waals surface area contributed by atoms with Gasteiger partial charge >= 0.3 is 5.97 Å².